The van der Waals surface area contributed by atoms with Crippen molar-refractivity contribution in [1.29, 1.82) is 0 Å². The summed E-state index contributed by atoms with van der Waals surface area (Å²) in [7, 11) is 0. The average molecular weight is 224 g/mol. The lowest BCUT2D eigenvalue weighted by atomic mass is 10.0. The minimum absolute atomic E-state index is 0.0389. The second-order valence-electron chi connectivity index (χ2n) is 3.63. The number of benzene rings is 1. The lowest BCUT2D eigenvalue weighted by Crippen LogP contribution is -2.23. The van der Waals surface area contributed by atoms with E-state index in [0.717, 1.165) is 10.8 Å². The van der Waals surface area contributed by atoms with Gasteiger partial charge >= 0.3 is 0 Å². The van der Waals surface area contributed by atoms with Crippen LogP contribution in [-0.2, 0) is 0 Å². The molecule has 0 radical (unpaired) electrons. The number of carbonyl (C=O) groups excluding carboxylic acids is 1. The summed E-state index contributed by atoms with van der Waals surface area (Å²) in [4.78, 5) is 16.0. The predicted molar refractivity (Wildman–Crippen MR) is 67.8 cm³/mol. The molecule has 0 spiro atoms. The van der Waals surface area contributed by atoms with Crippen molar-refractivity contribution >= 4 is 16.6 Å². The van der Waals surface area contributed by atoms with E-state index in [2.05, 4.69) is 16.2 Å². The second-order valence-corrected chi connectivity index (χ2v) is 3.63. The molecule has 0 aliphatic heterocycles. The minimum Gasteiger partial charge on any atom is -0.299 e. The third-order valence-electron chi connectivity index (χ3n) is 2.49. The highest BCUT2D eigenvalue weighted by atomic mass is 16.1. The predicted octanol–water partition coefficient (Wildman–Crippen LogP) is 1.64. The molecule has 0 aliphatic carbocycles. The fraction of sp³-hybridized carbons (Fsp3) is 0.143. The average Bonchev–Trinajstić information content (AvgIpc) is 2.38. The number of aromatic nitrogens is 1. The Kier molecular flexibility index (Phi) is 3.49. The van der Waals surface area contributed by atoms with Crippen molar-refractivity contribution in [3.05, 3.63) is 42.2 Å². The van der Waals surface area contributed by atoms with Gasteiger partial charge < -0.3 is 0 Å². The number of Topliss-reactive ketones (excluding diaryl/α,β-unsaturated/α-hetero) is 1. The molecule has 0 fully saturated rings. The largest absolute Gasteiger partial charge is 0.299 e. The van der Waals surface area contributed by atoms with Crippen LogP contribution in [0.15, 0.2) is 36.7 Å². The Balaban J connectivity index is 2.29. The summed E-state index contributed by atoms with van der Waals surface area (Å²) in [5, 5.41) is 4.79. The summed E-state index contributed by atoms with van der Waals surface area (Å²) >= 11 is 0. The first-order chi connectivity index (χ1) is 8.33. The van der Waals surface area contributed by atoms with Crippen LogP contribution in [0.2, 0.25) is 0 Å². The molecular formula is C14H12N2O. The van der Waals surface area contributed by atoms with Crippen LogP contribution in [0.25, 0.3) is 10.8 Å². The Labute approximate surface area is 99.9 Å². The minimum atomic E-state index is 0.0389. The van der Waals surface area contributed by atoms with Gasteiger partial charge in [-0.05, 0) is 11.5 Å². The van der Waals surface area contributed by atoms with Crippen molar-refractivity contribution in [3.8, 4) is 12.3 Å². The van der Waals surface area contributed by atoms with E-state index in [4.69, 9.17) is 6.42 Å². The molecule has 17 heavy (non-hydrogen) atoms. The van der Waals surface area contributed by atoms with E-state index in [9.17, 15) is 4.79 Å². The first-order valence-electron chi connectivity index (χ1n) is 5.33. The fourth-order valence-electron chi connectivity index (χ4n) is 1.71. The lowest BCUT2D eigenvalue weighted by molar-refractivity contribution is 0.0994. The molecular weight excluding hydrogens is 212 g/mol. The smallest absolute Gasteiger partial charge is 0.177 e. The maximum atomic E-state index is 12.0. The van der Waals surface area contributed by atoms with Gasteiger partial charge in [-0.2, -0.15) is 0 Å². The molecule has 1 N–H and O–H groups in total. The SMILES string of the molecule is C#CCNCC(=O)c1cccc2cnccc12. The summed E-state index contributed by atoms with van der Waals surface area (Å²) in [5.74, 6) is 2.48. The Morgan fingerprint density at radius 2 is 2.29 bits per heavy atom. The molecule has 3 heteroatoms. The number of hydrogen-bond acceptors (Lipinski definition) is 3. The van der Waals surface area contributed by atoms with Gasteiger partial charge in [-0.25, -0.2) is 0 Å². The molecule has 0 aliphatic rings. The van der Waals surface area contributed by atoms with E-state index in [1.165, 1.54) is 0 Å². The molecule has 0 atom stereocenters. The quantitative estimate of drug-likeness (QED) is 0.487. The van der Waals surface area contributed by atoms with E-state index in [0.29, 0.717) is 12.1 Å². The molecule has 1 aromatic carbocycles. The molecule has 1 aromatic heterocycles. The first kappa shape index (κ1) is 11.3. The Morgan fingerprint density at radius 1 is 1.41 bits per heavy atom. The summed E-state index contributed by atoms with van der Waals surface area (Å²) in [6, 6.07) is 7.47. The van der Waals surface area contributed by atoms with Crippen molar-refractivity contribution in [2.45, 2.75) is 0 Å². The highest BCUT2D eigenvalue weighted by Gasteiger charge is 2.08. The van der Waals surface area contributed by atoms with Crippen molar-refractivity contribution in [2.24, 2.45) is 0 Å². The van der Waals surface area contributed by atoms with Crippen LogP contribution in [0.4, 0.5) is 0 Å². The van der Waals surface area contributed by atoms with Crippen LogP contribution in [0, 0.1) is 12.3 Å². The molecule has 2 rings (SSSR count). The summed E-state index contributed by atoms with van der Waals surface area (Å²) in [6.45, 7) is 0.656. The highest BCUT2D eigenvalue weighted by molar-refractivity contribution is 6.08. The zero-order valence-corrected chi connectivity index (χ0v) is 9.31. The highest BCUT2D eigenvalue weighted by Crippen LogP contribution is 2.17. The molecule has 0 saturated heterocycles. The molecule has 0 bridgehead atoms. The number of carbonyl (C=O) groups is 1. The van der Waals surface area contributed by atoms with Crippen molar-refractivity contribution in [2.75, 3.05) is 13.1 Å². The van der Waals surface area contributed by atoms with E-state index >= 15 is 0 Å². The summed E-state index contributed by atoms with van der Waals surface area (Å²) in [5.41, 5.74) is 0.703. The maximum Gasteiger partial charge on any atom is 0.177 e. The molecule has 3 nitrogen and oxygen atoms in total. The fourth-order valence-corrected chi connectivity index (χ4v) is 1.71. The van der Waals surface area contributed by atoms with Gasteiger partial charge in [-0.3, -0.25) is 15.1 Å². The van der Waals surface area contributed by atoms with Gasteiger partial charge in [0.15, 0.2) is 5.78 Å². The molecule has 1 heterocycles. The maximum absolute atomic E-state index is 12.0. The van der Waals surface area contributed by atoms with Crippen LogP contribution in [-0.4, -0.2) is 23.9 Å². The first-order valence-corrected chi connectivity index (χ1v) is 5.33. The van der Waals surface area contributed by atoms with Crippen LogP contribution in [0.1, 0.15) is 10.4 Å². The van der Waals surface area contributed by atoms with E-state index in [1.807, 2.05) is 24.3 Å². The number of rotatable bonds is 4. The number of ketones is 1. The number of fused-ring (bicyclic) bond motifs is 1. The van der Waals surface area contributed by atoms with Gasteiger partial charge in [0.25, 0.3) is 0 Å². The normalized spacial score (nSPS) is 10.1. The van der Waals surface area contributed by atoms with Crippen molar-refractivity contribution in [1.82, 2.24) is 10.3 Å². The molecule has 2 aromatic rings. The number of nitrogens with zero attached hydrogens (tertiary/aromatic N) is 1. The van der Waals surface area contributed by atoms with Crippen molar-refractivity contribution in [3.63, 3.8) is 0 Å². The molecule has 0 unspecified atom stereocenters. The van der Waals surface area contributed by atoms with Crippen molar-refractivity contribution < 1.29 is 4.79 Å². The molecule has 84 valence electrons. The van der Waals surface area contributed by atoms with Crippen LogP contribution in [0.5, 0.6) is 0 Å². The van der Waals surface area contributed by atoms with Crippen LogP contribution >= 0.6 is 0 Å². The van der Waals surface area contributed by atoms with E-state index in [1.54, 1.807) is 12.4 Å². The lowest BCUT2D eigenvalue weighted by Gasteiger charge is -2.05. The Bertz CT molecular complexity index is 579. The molecule has 0 saturated carbocycles. The van der Waals surface area contributed by atoms with Crippen LogP contribution < -0.4 is 5.32 Å². The molecule has 0 amide bonds. The monoisotopic (exact) mass is 224 g/mol. The Hall–Kier alpha value is -2.18. The van der Waals surface area contributed by atoms with E-state index < -0.39 is 0 Å². The van der Waals surface area contributed by atoms with Gasteiger partial charge in [0.05, 0.1) is 13.1 Å². The summed E-state index contributed by atoms with van der Waals surface area (Å²) in [6.07, 6.45) is 8.55. The number of hydrogen-bond donors (Lipinski definition) is 1. The number of nitrogens with one attached hydrogen (secondary N) is 1. The zero-order valence-electron chi connectivity index (χ0n) is 9.31. The van der Waals surface area contributed by atoms with Crippen LogP contribution in [0.3, 0.4) is 0 Å². The zero-order chi connectivity index (χ0) is 12.1. The third-order valence-corrected chi connectivity index (χ3v) is 2.49. The second kappa shape index (κ2) is 5.24. The topological polar surface area (TPSA) is 42.0 Å². The van der Waals surface area contributed by atoms with Gasteiger partial charge in [0, 0.05) is 23.3 Å². The Morgan fingerprint density at radius 3 is 3.12 bits per heavy atom. The van der Waals surface area contributed by atoms with Gasteiger partial charge in [0.2, 0.25) is 0 Å². The van der Waals surface area contributed by atoms with Gasteiger partial charge in [-0.15, -0.1) is 6.42 Å². The van der Waals surface area contributed by atoms with Gasteiger partial charge in [0.1, 0.15) is 0 Å². The standard InChI is InChI=1S/C14H12N2O/c1-2-7-15-10-14(17)13-5-3-4-11-9-16-8-6-12(11)13/h1,3-6,8-9,15H,7,10H2. The number of terminal acetylenes is 1. The van der Waals surface area contributed by atoms with Gasteiger partial charge in [-0.1, -0.05) is 24.1 Å². The summed E-state index contributed by atoms with van der Waals surface area (Å²) < 4.78 is 0. The third kappa shape index (κ3) is 2.49. The number of pyridine rings is 1. The van der Waals surface area contributed by atoms with E-state index in [-0.39, 0.29) is 12.3 Å².